The highest BCUT2D eigenvalue weighted by molar-refractivity contribution is 5.66. The predicted octanol–water partition coefficient (Wildman–Crippen LogP) is 3.29. The van der Waals surface area contributed by atoms with Crippen LogP contribution >= 0.6 is 0 Å². The summed E-state index contributed by atoms with van der Waals surface area (Å²) in [5.74, 6) is 0.858. The van der Waals surface area contributed by atoms with Crippen molar-refractivity contribution in [3.05, 3.63) is 29.8 Å². The Labute approximate surface area is 155 Å². The van der Waals surface area contributed by atoms with Gasteiger partial charge in [-0.3, -0.25) is 0 Å². The summed E-state index contributed by atoms with van der Waals surface area (Å²) in [5, 5.41) is 2.63. The van der Waals surface area contributed by atoms with E-state index in [4.69, 9.17) is 18.9 Å². The summed E-state index contributed by atoms with van der Waals surface area (Å²) >= 11 is 0. The predicted molar refractivity (Wildman–Crippen MR) is 97.3 cm³/mol. The highest BCUT2D eigenvalue weighted by Gasteiger charge is 2.45. The van der Waals surface area contributed by atoms with Crippen LogP contribution in [-0.4, -0.2) is 44.9 Å². The van der Waals surface area contributed by atoms with Crippen LogP contribution in [0.3, 0.4) is 0 Å². The first-order chi connectivity index (χ1) is 12.7. The topological polar surface area (TPSA) is 66.0 Å². The van der Waals surface area contributed by atoms with E-state index in [1.54, 1.807) is 6.92 Å². The molecule has 1 aliphatic carbocycles. The Bertz CT molecular complexity index is 568. The van der Waals surface area contributed by atoms with Gasteiger partial charge in [-0.15, -0.1) is 0 Å². The number of rotatable bonds is 7. The summed E-state index contributed by atoms with van der Waals surface area (Å²) in [7, 11) is 0. The van der Waals surface area contributed by atoms with Crippen LogP contribution in [0.5, 0.6) is 5.75 Å². The number of benzene rings is 1. The molecular formula is C20H29NO5. The zero-order valence-electron chi connectivity index (χ0n) is 15.5. The molecule has 1 aliphatic heterocycles. The normalized spacial score (nSPS) is 21.5. The number of ether oxygens (including phenoxy) is 4. The highest BCUT2D eigenvalue weighted by atomic mass is 16.7. The molecule has 0 radical (unpaired) electrons. The first-order valence-corrected chi connectivity index (χ1v) is 9.62. The van der Waals surface area contributed by atoms with Gasteiger partial charge in [0.05, 0.1) is 26.4 Å². The SMILES string of the molecule is CCOC(=O)NCCOc1ccc(CC2CCCCC23OCCO3)cc1. The Morgan fingerprint density at radius 3 is 2.73 bits per heavy atom. The van der Waals surface area contributed by atoms with Crippen molar-refractivity contribution in [2.75, 3.05) is 33.0 Å². The first-order valence-electron chi connectivity index (χ1n) is 9.62. The minimum Gasteiger partial charge on any atom is -0.492 e. The minimum atomic E-state index is -0.413. The van der Waals surface area contributed by atoms with Gasteiger partial charge in [-0.1, -0.05) is 18.6 Å². The van der Waals surface area contributed by atoms with E-state index in [2.05, 4.69) is 17.4 Å². The molecule has 26 heavy (non-hydrogen) atoms. The standard InChI is InChI=1S/C20H29NO5/c1-2-23-19(22)21-11-12-24-18-8-6-16(7-9-18)15-17-5-3-4-10-20(17)25-13-14-26-20/h6-9,17H,2-5,10-15H2,1H3,(H,21,22). The van der Waals surface area contributed by atoms with Crippen molar-refractivity contribution in [2.24, 2.45) is 5.92 Å². The maximum Gasteiger partial charge on any atom is 0.407 e. The average Bonchev–Trinajstić information content (AvgIpc) is 3.11. The largest absolute Gasteiger partial charge is 0.492 e. The fourth-order valence-electron chi connectivity index (χ4n) is 3.80. The number of nitrogens with one attached hydrogen (secondary N) is 1. The van der Waals surface area contributed by atoms with E-state index < -0.39 is 6.09 Å². The van der Waals surface area contributed by atoms with Crippen molar-refractivity contribution in [3.8, 4) is 5.75 Å². The lowest BCUT2D eigenvalue weighted by atomic mass is 9.79. The molecule has 144 valence electrons. The minimum absolute atomic E-state index is 0.355. The van der Waals surface area contributed by atoms with Gasteiger partial charge in [-0.2, -0.15) is 0 Å². The molecule has 1 aromatic rings. The number of hydrogen-bond acceptors (Lipinski definition) is 5. The number of carbonyl (C=O) groups is 1. The molecular weight excluding hydrogens is 334 g/mol. The molecule has 1 aromatic carbocycles. The zero-order chi connectivity index (χ0) is 18.2. The third-order valence-corrected chi connectivity index (χ3v) is 5.05. The van der Waals surface area contributed by atoms with E-state index >= 15 is 0 Å². The van der Waals surface area contributed by atoms with E-state index in [9.17, 15) is 4.79 Å². The quantitative estimate of drug-likeness (QED) is 0.753. The Kier molecular flexibility index (Phi) is 6.74. The maximum atomic E-state index is 11.2. The second-order valence-corrected chi connectivity index (χ2v) is 6.80. The Morgan fingerprint density at radius 1 is 1.23 bits per heavy atom. The molecule has 2 fully saturated rings. The third kappa shape index (κ3) is 4.89. The van der Waals surface area contributed by atoms with E-state index in [0.29, 0.717) is 38.9 Å². The van der Waals surface area contributed by atoms with Crippen LogP contribution in [0, 0.1) is 5.92 Å². The van der Waals surface area contributed by atoms with Gasteiger partial charge in [0, 0.05) is 12.3 Å². The number of amides is 1. The molecule has 1 saturated heterocycles. The fraction of sp³-hybridized carbons (Fsp3) is 0.650. The van der Waals surface area contributed by atoms with Gasteiger partial charge in [0.1, 0.15) is 12.4 Å². The average molecular weight is 363 g/mol. The summed E-state index contributed by atoms with van der Waals surface area (Å²) in [6.45, 7) is 4.39. The fourth-order valence-corrected chi connectivity index (χ4v) is 3.80. The molecule has 0 bridgehead atoms. The molecule has 1 saturated carbocycles. The summed E-state index contributed by atoms with van der Waals surface area (Å²) in [6, 6.07) is 8.16. The van der Waals surface area contributed by atoms with Crippen LogP contribution < -0.4 is 10.1 Å². The van der Waals surface area contributed by atoms with Crippen molar-refractivity contribution in [1.82, 2.24) is 5.32 Å². The van der Waals surface area contributed by atoms with E-state index in [1.807, 2.05) is 12.1 Å². The number of alkyl carbamates (subject to hydrolysis) is 1. The molecule has 1 amide bonds. The first kappa shape index (κ1) is 19.0. The lowest BCUT2D eigenvalue weighted by Crippen LogP contribution is -2.42. The van der Waals surface area contributed by atoms with E-state index in [0.717, 1.165) is 25.0 Å². The van der Waals surface area contributed by atoms with E-state index in [-0.39, 0.29) is 5.79 Å². The smallest absolute Gasteiger partial charge is 0.407 e. The summed E-state index contributed by atoms with van der Waals surface area (Å²) in [6.07, 6.45) is 5.13. The van der Waals surface area contributed by atoms with Gasteiger partial charge in [0.2, 0.25) is 0 Å². The molecule has 6 heteroatoms. The monoisotopic (exact) mass is 363 g/mol. The van der Waals surface area contributed by atoms with Crippen LogP contribution in [0.4, 0.5) is 4.79 Å². The Morgan fingerprint density at radius 2 is 2.00 bits per heavy atom. The molecule has 3 rings (SSSR count). The van der Waals surface area contributed by atoms with Gasteiger partial charge in [-0.05, 0) is 43.9 Å². The van der Waals surface area contributed by atoms with Crippen molar-refractivity contribution < 1.29 is 23.7 Å². The van der Waals surface area contributed by atoms with Crippen LogP contribution in [0.2, 0.25) is 0 Å². The summed E-state index contributed by atoms with van der Waals surface area (Å²) in [4.78, 5) is 11.2. The third-order valence-electron chi connectivity index (χ3n) is 5.05. The van der Waals surface area contributed by atoms with Gasteiger partial charge in [0.25, 0.3) is 0 Å². The van der Waals surface area contributed by atoms with Crippen molar-refractivity contribution in [2.45, 2.75) is 44.8 Å². The second kappa shape index (κ2) is 9.24. The molecule has 1 spiro atoms. The van der Waals surface area contributed by atoms with E-state index in [1.165, 1.54) is 18.4 Å². The van der Waals surface area contributed by atoms with Gasteiger partial charge >= 0.3 is 6.09 Å². The highest BCUT2D eigenvalue weighted by Crippen LogP contribution is 2.42. The summed E-state index contributed by atoms with van der Waals surface area (Å²) < 4.78 is 22.4. The lowest BCUT2D eigenvalue weighted by molar-refractivity contribution is -0.212. The molecule has 1 N–H and O–H groups in total. The van der Waals surface area contributed by atoms with Gasteiger partial charge in [0.15, 0.2) is 5.79 Å². The lowest BCUT2D eigenvalue weighted by Gasteiger charge is -2.39. The molecule has 6 nitrogen and oxygen atoms in total. The molecule has 2 aliphatic rings. The van der Waals surface area contributed by atoms with Crippen molar-refractivity contribution in [3.63, 3.8) is 0 Å². The van der Waals surface area contributed by atoms with Crippen molar-refractivity contribution in [1.29, 1.82) is 0 Å². The summed E-state index contributed by atoms with van der Waals surface area (Å²) in [5.41, 5.74) is 1.27. The second-order valence-electron chi connectivity index (χ2n) is 6.80. The number of hydrogen-bond donors (Lipinski definition) is 1. The Hall–Kier alpha value is -1.79. The molecule has 1 atom stereocenters. The zero-order valence-corrected chi connectivity index (χ0v) is 15.5. The van der Waals surface area contributed by atoms with Gasteiger partial charge in [-0.25, -0.2) is 4.79 Å². The van der Waals surface area contributed by atoms with Crippen molar-refractivity contribution >= 4 is 6.09 Å². The van der Waals surface area contributed by atoms with Crippen LogP contribution in [0.25, 0.3) is 0 Å². The van der Waals surface area contributed by atoms with Gasteiger partial charge < -0.3 is 24.3 Å². The molecule has 1 unspecified atom stereocenters. The Balaban J connectivity index is 1.46. The maximum absolute atomic E-state index is 11.2. The van der Waals surface area contributed by atoms with Crippen LogP contribution in [0.1, 0.15) is 38.2 Å². The van der Waals surface area contributed by atoms with Crippen LogP contribution in [0.15, 0.2) is 24.3 Å². The molecule has 0 aromatic heterocycles. The number of carbonyl (C=O) groups excluding carboxylic acids is 1. The van der Waals surface area contributed by atoms with Crippen LogP contribution in [-0.2, 0) is 20.6 Å². The molecule has 1 heterocycles.